The Morgan fingerprint density at radius 1 is 1.13 bits per heavy atom. The van der Waals surface area contributed by atoms with Gasteiger partial charge in [-0.2, -0.15) is 4.31 Å². The zero-order chi connectivity index (χ0) is 22.3. The maximum atomic E-state index is 13.5. The minimum Gasteiger partial charge on any atom is -0.365 e. The van der Waals surface area contributed by atoms with Gasteiger partial charge in [0.05, 0.1) is 10.5 Å². The van der Waals surface area contributed by atoms with Gasteiger partial charge in [-0.1, -0.05) is 0 Å². The number of nitrogens with one attached hydrogen (secondary N) is 1. The number of sulfonamides is 1. The van der Waals surface area contributed by atoms with E-state index in [9.17, 15) is 26.8 Å². The van der Waals surface area contributed by atoms with Crippen LogP contribution in [0.4, 0.5) is 13.8 Å². The van der Waals surface area contributed by atoms with Gasteiger partial charge in [0.15, 0.2) is 11.6 Å². The first-order chi connectivity index (χ1) is 14.7. The minimum absolute atomic E-state index is 0.0725. The van der Waals surface area contributed by atoms with Crippen molar-refractivity contribution in [3.63, 3.8) is 0 Å². The first-order valence-corrected chi connectivity index (χ1v) is 12.1. The van der Waals surface area contributed by atoms with Crippen LogP contribution in [0.2, 0.25) is 0 Å². The van der Waals surface area contributed by atoms with Crippen LogP contribution in [-0.4, -0.2) is 37.6 Å². The lowest BCUT2D eigenvalue weighted by atomic mass is 9.97. The number of thiophene rings is 1. The van der Waals surface area contributed by atoms with E-state index in [0.29, 0.717) is 16.6 Å². The topological polar surface area (TPSA) is 110 Å². The maximum Gasteiger partial charge on any atom is 0.251 e. The van der Waals surface area contributed by atoms with E-state index in [1.54, 1.807) is 0 Å². The second kappa shape index (κ2) is 8.29. The fraction of sp³-hybridized carbons (Fsp3) is 0.400. The van der Waals surface area contributed by atoms with E-state index >= 15 is 0 Å². The lowest BCUT2D eigenvalue weighted by molar-refractivity contribution is -0.120. The molecular formula is C20H21F2N3O4S2. The Kier molecular flexibility index (Phi) is 5.84. The standard InChI is InChI=1S/C20H21F2N3O4S2/c21-14-5-4-12(10-15(14)22)31(28,29)25-8-6-11(7-9-25)19(27)24-20-17(18(23)26)13-2-1-3-16(13)30-20/h4-5,10-11H,1-3,6-9H2,(H2,23,26)(H,24,27). The highest BCUT2D eigenvalue weighted by molar-refractivity contribution is 7.89. The molecule has 0 bridgehead atoms. The molecule has 31 heavy (non-hydrogen) atoms. The average molecular weight is 470 g/mol. The summed E-state index contributed by atoms with van der Waals surface area (Å²) in [6, 6.07) is 2.45. The molecule has 0 radical (unpaired) electrons. The van der Waals surface area contributed by atoms with Crippen LogP contribution in [-0.2, 0) is 27.7 Å². The zero-order valence-corrected chi connectivity index (χ0v) is 18.1. The van der Waals surface area contributed by atoms with E-state index in [4.69, 9.17) is 5.73 Å². The summed E-state index contributed by atoms with van der Waals surface area (Å²) < 4.78 is 53.2. The smallest absolute Gasteiger partial charge is 0.251 e. The molecule has 11 heteroatoms. The Labute approximate surface area is 182 Å². The van der Waals surface area contributed by atoms with Crippen molar-refractivity contribution in [2.24, 2.45) is 11.7 Å². The molecule has 7 nitrogen and oxygen atoms in total. The summed E-state index contributed by atoms with van der Waals surface area (Å²) in [5.74, 6) is -3.64. The Balaban J connectivity index is 1.43. The largest absolute Gasteiger partial charge is 0.365 e. The second-order valence-electron chi connectivity index (χ2n) is 7.67. The molecule has 166 valence electrons. The molecule has 1 aliphatic carbocycles. The number of primary amides is 1. The third-order valence-corrected chi connectivity index (χ3v) is 8.86. The lowest BCUT2D eigenvalue weighted by Crippen LogP contribution is -2.41. The fourth-order valence-electron chi connectivity index (χ4n) is 4.11. The number of fused-ring (bicyclic) bond motifs is 1. The van der Waals surface area contributed by atoms with E-state index in [-0.39, 0.29) is 36.7 Å². The molecule has 2 heterocycles. The van der Waals surface area contributed by atoms with Crippen LogP contribution >= 0.6 is 11.3 Å². The van der Waals surface area contributed by atoms with Crippen molar-refractivity contribution < 1.29 is 26.8 Å². The second-order valence-corrected chi connectivity index (χ2v) is 10.7. The monoisotopic (exact) mass is 469 g/mol. The molecule has 0 unspecified atom stereocenters. The predicted octanol–water partition coefficient (Wildman–Crippen LogP) is 2.65. The number of anilines is 1. The van der Waals surface area contributed by atoms with Crippen molar-refractivity contribution in [1.82, 2.24) is 4.31 Å². The molecule has 0 saturated carbocycles. The van der Waals surface area contributed by atoms with Gasteiger partial charge in [-0.3, -0.25) is 9.59 Å². The number of hydrogen-bond acceptors (Lipinski definition) is 5. The van der Waals surface area contributed by atoms with Gasteiger partial charge in [0.1, 0.15) is 5.00 Å². The number of nitrogens with two attached hydrogens (primary N) is 1. The maximum absolute atomic E-state index is 13.5. The summed E-state index contributed by atoms with van der Waals surface area (Å²) in [5, 5.41) is 3.27. The van der Waals surface area contributed by atoms with Crippen LogP contribution in [0.3, 0.4) is 0 Å². The van der Waals surface area contributed by atoms with Crippen LogP contribution in [0, 0.1) is 17.6 Å². The van der Waals surface area contributed by atoms with Crippen LogP contribution in [0.25, 0.3) is 0 Å². The van der Waals surface area contributed by atoms with Crippen LogP contribution in [0.15, 0.2) is 23.1 Å². The number of amides is 2. The van der Waals surface area contributed by atoms with Crippen molar-refractivity contribution in [2.45, 2.75) is 37.0 Å². The molecular weight excluding hydrogens is 448 g/mol. The number of nitrogens with zero attached hydrogens (tertiary/aromatic N) is 1. The summed E-state index contributed by atoms with van der Waals surface area (Å²) in [6.07, 6.45) is 3.12. The quantitative estimate of drug-likeness (QED) is 0.702. The van der Waals surface area contributed by atoms with Crippen molar-refractivity contribution >= 4 is 38.2 Å². The Hall–Kier alpha value is -2.37. The molecule has 0 spiro atoms. The Bertz CT molecular complexity index is 1160. The molecule has 1 aromatic heterocycles. The SMILES string of the molecule is NC(=O)c1c(NC(=O)C2CCN(S(=O)(=O)c3ccc(F)c(F)c3)CC2)sc2c1CCC2. The Morgan fingerprint density at radius 2 is 1.84 bits per heavy atom. The number of piperidine rings is 1. The highest BCUT2D eigenvalue weighted by Gasteiger charge is 2.34. The molecule has 1 saturated heterocycles. The van der Waals surface area contributed by atoms with Crippen molar-refractivity contribution in [3.8, 4) is 0 Å². The Morgan fingerprint density at radius 3 is 2.48 bits per heavy atom. The number of halogens is 2. The lowest BCUT2D eigenvalue weighted by Gasteiger charge is -2.30. The number of benzene rings is 1. The molecule has 3 N–H and O–H groups in total. The number of carbonyl (C=O) groups is 2. The molecule has 1 aliphatic heterocycles. The first-order valence-electron chi connectivity index (χ1n) is 9.89. The molecule has 2 aromatic rings. The molecule has 1 fully saturated rings. The highest BCUT2D eigenvalue weighted by atomic mass is 32.2. The van der Waals surface area contributed by atoms with E-state index in [1.807, 2.05) is 0 Å². The van der Waals surface area contributed by atoms with E-state index in [1.165, 1.54) is 11.3 Å². The fourth-order valence-corrected chi connectivity index (χ4v) is 6.89. The van der Waals surface area contributed by atoms with Crippen LogP contribution < -0.4 is 11.1 Å². The van der Waals surface area contributed by atoms with Crippen molar-refractivity contribution in [3.05, 3.63) is 45.8 Å². The van der Waals surface area contributed by atoms with Gasteiger partial charge >= 0.3 is 0 Å². The number of aryl methyl sites for hydroxylation is 1. The van der Waals surface area contributed by atoms with Gasteiger partial charge in [0.25, 0.3) is 5.91 Å². The summed E-state index contributed by atoms with van der Waals surface area (Å²) in [4.78, 5) is 25.4. The highest BCUT2D eigenvalue weighted by Crippen LogP contribution is 2.39. The van der Waals surface area contributed by atoms with Crippen molar-refractivity contribution in [1.29, 1.82) is 0 Å². The number of rotatable bonds is 5. The van der Waals surface area contributed by atoms with Crippen LogP contribution in [0.5, 0.6) is 0 Å². The summed E-state index contributed by atoms with van der Waals surface area (Å²) in [6.45, 7) is 0.145. The molecule has 4 rings (SSSR count). The minimum atomic E-state index is -3.99. The van der Waals surface area contributed by atoms with Gasteiger partial charge in [0.2, 0.25) is 15.9 Å². The van der Waals surface area contributed by atoms with Gasteiger partial charge in [0, 0.05) is 23.9 Å². The van der Waals surface area contributed by atoms with Gasteiger partial charge < -0.3 is 11.1 Å². The van der Waals surface area contributed by atoms with Crippen LogP contribution in [0.1, 0.15) is 40.1 Å². The molecule has 0 atom stereocenters. The van der Waals surface area contributed by atoms with E-state index < -0.39 is 33.5 Å². The van der Waals surface area contributed by atoms with E-state index in [0.717, 1.165) is 46.1 Å². The molecule has 2 amide bonds. The first kappa shape index (κ1) is 21.8. The van der Waals surface area contributed by atoms with Gasteiger partial charge in [-0.25, -0.2) is 17.2 Å². The zero-order valence-electron chi connectivity index (χ0n) is 16.5. The summed E-state index contributed by atoms with van der Waals surface area (Å²) in [5.41, 5.74) is 6.82. The average Bonchev–Trinajstić information content (AvgIpc) is 3.30. The predicted molar refractivity (Wildman–Crippen MR) is 111 cm³/mol. The van der Waals surface area contributed by atoms with Gasteiger partial charge in [-0.05, 0) is 55.9 Å². The van der Waals surface area contributed by atoms with Gasteiger partial charge in [-0.15, -0.1) is 11.3 Å². The third kappa shape index (κ3) is 4.09. The molecule has 2 aliphatic rings. The van der Waals surface area contributed by atoms with E-state index in [2.05, 4.69) is 5.32 Å². The normalized spacial score (nSPS) is 17.5. The third-order valence-electron chi connectivity index (χ3n) is 5.76. The summed E-state index contributed by atoms with van der Waals surface area (Å²) >= 11 is 1.37. The number of carbonyl (C=O) groups excluding carboxylic acids is 2. The number of hydrogen-bond donors (Lipinski definition) is 2. The van der Waals surface area contributed by atoms with Crippen molar-refractivity contribution in [2.75, 3.05) is 18.4 Å². The molecule has 1 aromatic carbocycles. The summed E-state index contributed by atoms with van der Waals surface area (Å²) in [7, 11) is -3.99.